The highest BCUT2D eigenvalue weighted by Gasteiger charge is 2.15. The summed E-state index contributed by atoms with van der Waals surface area (Å²) in [7, 11) is 0. The minimum Gasteiger partial charge on any atom is -0.490 e. The van der Waals surface area contributed by atoms with Gasteiger partial charge in [0.25, 0.3) is 0 Å². The molecule has 0 radical (unpaired) electrons. The number of halogens is 3. The third-order valence-electron chi connectivity index (χ3n) is 4.93. The van der Waals surface area contributed by atoms with Crippen LogP contribution < -0.4 is 24.3 Å². The molecule has 0 amide bonds. The van der Waals surface area contributed by atoms with Gasteiger partial charge >= 0.3 is 0 Å². The van der Waals surface area contributed by atoms with Crippen molar-refractivity contribution in [2.45, 2.75) is 26.6 Å². The number of nitrogens with one attached hydrogen (secondary N) is 1. The molecule has 0 unspecified atom stereocenters. The Morgan fingerprint density at radius 2 is 1.75 bits per heavy atom. The lowest BCUT2D eigenvalue weighted by molar-refractivity contribution is 0.174. The van der Waals surface area contributed by atoms with Gasteiger partial charge in [-0.1, -0.05) is 35.3 Å². The summed E-state index contributed by atoms with van der Waals surface area (Å²) in [6.45, 7) is 3.68. The SMILES string of the molecule is CCOc1cc(CNCc2ccc3c(c2)OCO3)c(Cl)cc1OCc1c(F)cccc1Cl. The van der Waals surface area contributed by atoms with Crippen molar-refractivity contribution in [1.29, 1.82) is 0 Å². The topological polar surface area (TPSA) is 49.0 Å². The number of hydrogen-bond donors (Lipinski definition) is 1. The largest absolute Gasteiger partial charge is 0.490 e. The van der Waals surface area contributed by atoms with Crippen molar-refractivity contribution in [2.24, 2.45) is 0 Å². The van der Waals surface area contributed by atoms with Gasteiger partial charge in [-0.05, 0) is 48.4 Å². The van der Waals surface area contributed by atoms with E-state index < -0.39 is 5.82 Å². The second-order valence-corrected chi connectivity index (χ2v) is 7.92. The van der Waals surface area contributed by atoms with Gasteiger partial charge in [0, 0.05) is 29.7 Å². The van der Waals surface area contributed by atoms with Crippen molar-refractivity contribution < 1.29 is 23.3 Å². The molecule has 0 saturated carbocycles. The fraction of sp³-hybridized carbons (Fsp3) is 0.250. The maximum atomic E-state index is 14.1. The van der Waals surface area contributed by atoms with Crippen LogP contribution in [-0.4, -0.2) is 13.4 Å². The van der Waals surface area contributed by atoms with Crippen LogP contribution in [0, 0.1) is 5.82 Å². The van der Waals surface area contributed by atoms with Crippen LogP contribution in [0.1, 0.15) is 23.6 Å². The summed E-state index contributed by atoms with van der Waals surface area (Å²) in [5.41, 5.74) is 2.20. The lowest BCUT2D eigenvalue weighted by Gasteiger charge is -2.16. The number of benzene rings is 3. The van der Waals surface area contributed by atoms with Crippen LogP contribution in [-0.2, 0) is 19.7 Å². The Kier molecular flexibility index (Phi) is 7.25. The van der Waals surface area contributed by atoms with Gasteiger partial charge in [-0.3, -0.25) is 0 Å². The van der Waals surface area contributed by atoms with E-state index in [0.29, 0.717) is 41.2 Å². The quantitative estimate of drug-likeness (QED) is 0.401. The second kappa shape index (κ2) is 10.3. The molecule has 3 aromatic carbocycles. The van der Waals surface area contributed by atoms with Crippen LogP contribution in [0.4, 0.5) is 4.39 Å². The molecule has 32 heavy (non-hydrogen) atoms. The van der Waals surface area contributed by atoms with Gasteiger partial charge in [-0.2, -0.15) is 0 Å². The average Bonchev–Trinajstić information content (AvgIpc) is 3.24. The number of fused-ring (bicyclic) bond motifs is 1. The second-order valence-electron chi connectivity index (χ2n) is 7.10. The van der Waals surface area contributed by atoms with Crippen molar-refractivity contribution in [2.75, 3.05) is 13.4 Å². The van der Waals surface area contributed by atoms with Crippen LogP contribution >= 0.6 is 23.2 Å². The van der Waals surface area contributed by atoms with Crippen molar-refractivity contribution in [3.8, 4) is 23.0 Å². The highest BCUT2D eigenvalue weighted by molar-refractivity contribution is 6.31. The Morgan fingerprint density at radius 1 is 0.938 bits per heavy atom. The minimum atomic E-state index is -0.425. The van der Waals surface area contributed by atoms with Gasteiger partial charge in [0.1, 0.15) is 12.4 Å². The normalized spacial score (nSPS) is 12.1. The molecule has 0 bridgehead atoms. The molecule has 0 spiro atoms. The Balaban J connectivity index is 1.43. The Labute approximate surface area is 196 Å². The lowest BCUT2D eigenvalue weighted by atomic mass is 10.1. The van der Waals surface area contributed by atoms with E-state index in [4.69, 9.17) is 42.1 Å². The molecular formula is C24H22Cl2FNO4. The molecule has 0 fully saturated rings. The standard InChI is InChI=1S/C24H22Cl2FNO4/c1-2-29-23-9-16(12-28-11-15-6-7-21-22(8-15)32-14-31-21)19(26)10-24(23)30-13-17-18(25)4-3-5-20(17)27/h3-10,28H,2,11-14H2,1H3. The van der Waals surface area contributed by atoms with Gasteiger partial charge in [0.2, 0.25) is 6.79 Å². The van der Waals surface area contributed by atoms with Gasteiger partial charge in [0.15, 0.2) is 23.0 Å². The zero-order chi connectivity index (χ0) is 22.5. The monoisotopic (exact) mass is 477 g/mol. The molecule has 0 aromatic heterocycles. The molecule has 1 heterocycles. The van der Waals surface area contributed by atoms with Crippen LogP contribution in [0.2, 0.25) is 10.0 Å². The van der Waals surface area contributed by atoms with Crippen LogP contribution in [0.3, 0.4) is 0 Å². The first-order valence-corrected chi connectivity index (χ1v) is 10.9. The highest BCUT2D eigenvalue weighted by Crippen LogP contribution is 2.35. The van der Waals surface area contributed by atoms with E-state index in [0.717, 1.165) is 22.6 Å². The van der Waals surface area contributed by atoms with E-state index in [1.807, 2.05) is 31.2 Å². The van der Waals surface area contributed by atoms with Gasteiger partial charge in [0.05, 0.1) is 11.6 Å². The van der Waals surface area contributed by atoms with Gasteiger partial charge in [-0.25, -0.2) is 4.39 Å². The molecule has 1 N–H and O–H groups in total. The third kappa shape index (κ3) is 5.21. The first-order valence-electron chi connectivity index (χ1n) is 10.1. The minimum absolute atomic E-state index is 0.0381. The molecule has 0 atom stereocenters. The molecule has 4 rings (SSSR count). The Morgan fingerprint density at radius 3 is 2.56 bits per heavy atom. The summed E-state index contributed by atoms with van der Waals surface area (Å²) in [5.74, 6) is 2.04. The molecule has 5 nitrogen and oxygen atoms in total. The summed E-state index contributed by atoms with van der Waals surface area (Å²) >= 11 is 12.6. The molecule has 168 valence electrons. The molecule has 1 aliphatic rings. The van der Waals surface area contributed by atoms with E-state index in [-0.39, 0.29) is 19.0 Å². The van der Waals surface area contributed by atoms with Crippen LogP contribution in [0.5, 0.6) is 23.0 Å². The smallest absolute Gasteiger partial charge is 0.231 e. The predicted molar refractivity (Wildman–Crippen MR) is 121 cm³/mol. The van der Waals surface area contributed by atoms with Crippen molar-refractivity contribution in [3.05, 3.63) is 81.1 Å². The first-order chi connectivity index (χ1) is 15.5. The number of ether oxygens (including phenoxy) is 4. The molecule has 0 aliphatic carbocycles. The fourth-order valence-corrected chi connectivity index (χ4v) is 3.74. The van der Waals surface area contributed by atoms with E-state index in [1.165, 1.54) is 6.07 Å². The van der Waals surface area contributed by atoms with Crippen molar-refractivity contribution in [1.82, 2.24) is 5.32 Å². The van der Waals surface area contributed by atoms with Crippen LogP contribution in [0.15, 0.2) is 48.5 Å². The summed E-state index contributed by atoms with van der Waals surface area (Å²) < 4.78 is 36.3. The summed E-state index contributed by atoms with van der Waals surface area (Å²) in [5, 5.41) is 4.19. The average molecular weight is 478 g/mol. The molecular weight excluding hydrogens is 456 g/mol. The summed E-state index contributed by atoms with van der Waals surface area (Å²) in [6.07, 6.45) is 0. The highest BCUT2D eigenvalue weighted by atomic mass is 35.5. The molecule has 8 heteroatoms. The van der Waals surface area contributed by atoms with E-state index in [2.05, 4.69) is 5.32 Å². The van der Waals surface area contributed by atoms with E-state index in [9.17, 15) is 4.39 Å². The zero-order valence-electron chi connectivity index (χ0n) is 17.4. The maximum absolute atomic E-state index is 14.1. The molecule has 0 saturated heterocycles. The summed E-state index contributed by atoms with van der Waals surface area (Å²) in [4.78, 5) is 0. The lowest BCUT2D eigenvalue weighted by Crippen LogP contribution is -2.13. The fourth-order valence-electron chi connectivity index (χ4n) is 3.31. The molecule has 1 aliphatic heterocycles. The van der Waals surface area contributed by atoms with Crippen molar-refractivity contribution >= 4 is 23.2 Å². The predicted octanol–water partition coefficient (Wildman–Crippen LogP) is 6.13. The number of rotatable bonds is 9. The Bertz CT molecular complexity index is 1090. The molecule has 3 aromatic rings. The van der Waals surface area contributed by atoms with E-state index in [1.54, 1.807) is 18.2 Å². The zero-order valence-corrected chi connectivity index (χ0v) is 18.9. The van der Waals surface area contributed by atoms with Crippen LogP contribution in [0.25, 0.3) is 0 Å². The third-order valence-corrected chi connectivity index (χ3v) is 5.63. The summed E-state index contributed by atoms with van der Waals surface area (Å²) in [6, 6.07) is 13.9. The Hall–Kier alpha value is -2.67. The van der Waals surface area contributed by atoms with Gasteiger partial charge < -0.3 is 24.3 Å². The number of hydrogen-bond acceptors (Lipinski definition) is 5. The van der Waals surface area contributed by atoms with Gasteiger partial charge in [-0.15, -0.1) is 0 Å². The van der Waals surface area contributed by atoms with E-state index >= 15 is 0 Å². The van der Waals surface area contributed by atoms with Crippen molar-refractivity contribution in [3.63, 3.8) is 0 Å². The first kappa shape index (κ1) is 22.5. The maximum Gasteiger partial charge on any atom is 0.231 e.